The number of furan rings is 1. The molecule has 0 atom stereocenters. The Balaban J connectivity index is 1.84. The van der Waals surface area contributed by atoms with E-state index < -0.39 is 0 Å². The van der Waals surface area contributed by atoms with Crippen molar-refractivity contribution < 1.29 is 4.42 Å². The summed E-state index contributed by atoms with van der Waals surface area (Å²) in [6, 6.07) is 20.8. The van der Waals surface area contributed by atoms with Gasteiger partial charge in [0.15, 0.2) is 5.58 Å². The van der Waals surface area contributed by atoms with Gasteiger partial charge in [-0.25, -0.2) is 0 Å². The molecule has 0 aliphatic heterocycles. The summed E-state index contributed by atoms with van der Waals surface area (Å²) in [7, 11) is 0. The average molecular weight is 302 g/mol. The quantitative estimate of drug-likeness (QED) is 0.535. The molecule has 0 amide bonds. The number of benzene rings is 2. The van der Waals surface area contributed by atoms with Crippen molar-refractivity contribution in [3.05, 3.63) is 77.6 Å². The van der Waals surface area contributed by atoms with Crippen molar-refractivity contribution in [1.29, 1.82) is 0 Å². The second-order valence-corrected chi connectivity index (χ2v) is 5.93. The highest BCUT2D eigenvalue weighted by Crippen LogP contribution is 2.31. The Kier molecular flexibility index (Phi) is 3.27. The number of nitrogens with zero attached hydrogens (tertiary/aromatic N) is 2. The number of hydrogen-bond acceptors (Lipinski definition) is 2. The van der Waals surface area contributed by atoms with Crippen LogP contribution in [0.5, 0.6) is 0 Å². The van der Waals surface area contributed by atoms with E-state index in [2.05, 4.69) is 61.5 Å². The molecule has 0 aliphatic carbocycles. The Morgan fingerprint density at radius 2 is 1.70 bits per heavy atom. The van der Waals surface area contributed by atoms with Crippen LogP contribution in [-0.4, -0.2) is 9.78 Å². The highest BCUT2D eigenvalue weighted by molar-refractivity contribution is 5.89. The highest BCUT2D eigenvalue weighted by Gasteiger charge is 2.16. The maximum absolute atomic E-state index is 5.92. The minimum Gasteiger partial charge on any atom is -0.457 e. The fourth-order valence-corrected chi connectivity index (χ4v) is 2.86. The number of rotatable bonds is 3. The van der Waals surface area contributed by atoms with E-state index in [1.54, 1.807) is 0 Å². The average Bonchev–Trinajstić information content (AvgIpc) is 3.08. The fourth-order valence-electron chi connectivity index (χ4n) is 2.86. The highest BCUT2D eigenvalue weighted by atomic mass is 16.3. The summed E-state index contributed by atoms with van der Waals surface area (Å²) in [6.45, 7) is 4.80. The van der Waals surface area contributed by atoms with Gasteiger partial charge in [0.2, 0.25) is 0 Å². The topological polar surface area (TPSA) is 31.0 Å². The summed E-state index contributed by atoms with van der Waals surface area (Å²) in [4.78, 5) is 0. The molecule has 114 valence electrons. The molecule has 0 N–H and O–H groups in total. The zero-order chi connectivity index (χ0) is 15.8. The number of fused-ring (bicyclic) bond motifs is 1. The summed E-state index contributed by atoms with van der Waals surface area (Å²) in [6.07, 6.45) is 0. The van der Waals surface area contributed by atoms with Crippen LogP contribution in [0.25, 0.3) is 22.4 Å². The van der Waals surface area contributed by atoms with Crippen LogP contribution in [0.15, 0.2) is 65.1 Å². The molecule has 0 unspecified atom stereocenters. The number of aryl methyl sites for hydroxylation is 2. The second-order valence-electron chi connectivity index (χ2n) is 5.93. The van der Waals surface area contributed by atoms with Crippen LogP contribution in [0.2, 0.25) is 0 Å². The van der Waals surface area contributed by atoms with E-state index in [0.29, 0.717) is 0 Å². The van der Waals surface area contributed by atoms with E-state index >= 15 is 0 Å². The zero-order valence-corrected chi connectivity index (χ0v) is 13.3. The van der Waals surface area contributed by atoms with Gasteiger partial charge in [0.05, 0.1) is 6.54 Å². The molecule has 0 spiro atoms. The molecule has 0 bridgehead atoms. The zero-order valence-electron chi connectivity index (χ0n) is 13.3. The van der Waals surface area contributed by atoms with Gasteiger partial charge in [0.1, 0.15) is 17.0 Å². The molecule has 4 rings (SSSR count). The fraction of sp³-hybridized carbons (Fsp3) is 0.150. The third-order valence-corrected chi connectivity index (χ3v) is 4.05. The molecular formula is C20H18N2O. The Morgan fingerprint density at radius 1 is 0.957 bits per heavy atom. The monoisotopic (exact) mass is 302 g/mol. The van der Waals surface area contributed by atoms with Crippen LogP contribution in [0.1, 0.15) is 16.9 Å². The lowest BCUT2D eigenvalue weighted by Gasteiger charge is -2.02. The van der Waals surface area contributed by atoms with Gasteiger partial charge < -0.3 is 4.42 Å². The van der Waals surface area contributed by atoms with Gasteiger partial charge in [-0.2, -0.15) is 5.10 Å². The van der Waals surface area contributed by atoms with Gasteiger partial charge >= 0.3 is 0 Å². The van der Waals surface area contributed by atoms with E-state index in [1.807, 2.05) is 17.7 Å². The van der Waals surface area contributed by atoms with Crippen LogP contribution in [0, 0.1) is 13.8 Å². The van der Waals surface area contributed by atoms with Gasteiger partial charge in [0, 0.05) is 11.6 Å². The van der Waals surface area contributed by atoms with Crippen LogP contribution >= 0.6 is 0 Å². The number of hydrogen-bond donors (Lipinski definition) is 0. The molecule has 2 heterocycles. The Hall–Kier alpha value is -2.81. The second kappa shape index (κ2) is 5.43. The Labute approximate surface area is 135 Å². The van der Waals surface area contributed by atoms with Gasteiger partial charge in [-0.15, -0.1) is 0 Å². The summed E-state index contributed by atoms with van der Waals surface area (Å²) in [5, 5.41) is 4.81. The first-order valence-corrected chi connectivity index (χ1v) is 7.78. The third kappa shape index (κ3) is 2.55. The van der Waals surface area contributed by atoms with Crippen LogP contribution < -0.4 is 0 Å². The van der Waals surface area contributed by atoms with Crippen molar-refractivity contribution in [1.82, 2.24) is 9.78 Å². The van der Waals surface area contributed by atoms with Gasteiger partial charge in [-0.05, 0) is 19.4 Å². The minimum atomic E-state index is 0.738. The predicted octanol–water partition coefficient (Wildman–Crippen LogP) is 4.96. The van der Waals surface area contributed by atoms with Gasteiger partial charge in [-0.1, -0.05) is 60.2 Å². The van der Waals surface area contributed by atoms with Gasteiger partial charge in [0.25, 0.3) is 0 Å². The van der Waals surface area contributed by atoms with Crippen LogP contribution in [0.3, 0.4) is 0 Å². The third-order valence-electron chi connectivity index (χ3n) is 4.05. The lowest BCUT2D eigenvalue weighted by Crippen LogP contribution is -2.01. The largest absolute Gasteiger partial charge is 0.457 e. The molecule has 0 aliphatic rings. The molecule has 3 nitrogen and oxygen atoms in total. The normalized spacial score (nSPS) is 11.2. The van der Waals surface area contributed by atoms with E-state index in [4.69, 9.17) is 9.52 Å². The molecule has 4 aromatic rings. The summed E-state index contributed by atoms with van der Waals surface area (Å²) >= 11 is 0. The summed E-state index contributed by atoms with van der Waals surface area (Å²) in [5.41, 5.74) is 6.37. The standard InChI is InChI=1S/C20H18N2O/c1-14-8-10-17(11-9-14)19-20-18(12-15(2)23-20)22(21-19)13-16-6-4-3-5-7-16/h3-12H,13H2,1-2H3. The molecule has 0 radical (unpaired) electrons. The summed E-state index contributed by atoms with van der Waals surface area (Å²) < 4.78 is 7.94. The van der Waals surface area contributed by atoms with Gasteiger partial charge in [-0.3, -0.25) is 4.68 Å². The van der Waals surface area contributed by atoms with Crippen LogP contribution in [-0.2, 0) is 6.54 Å². The molecule has 2 aromatic heterocycles. The lowest BCUT2D eigenvalue weighted by atomic mass is 10.1. The molecule has 0 saturated carbocycles. The van der Waals surface area contributed by atoms with Crippen LogP contribution in [0.4, 0.5) is 0 Å². The predicted molar refractivity (Wildman–Crippen MR) is 92.5 cm³/mol. The van der Waals surface area contributed by atoms with Crippen molar-refractivity contribution >= 4 is 11.1 Å². The van der Waals surface area contributed by atoms with E-state index in [-0.39, 0.29) is 0 Å². The maximum atomic E-state index is 5.92. The van der Waals surface area contributed by atoms with E-state index in [0.717, 1.165) is 34.7 Å². The first-order valence-electron chi connectivity index (χ1n) is 7.78. The van der Waals surface area contributed by atoms with Crippen molar-refractivity contribution in [2.24, 2.45) is 0 Å². The Morgan fingerprint density at radius 3 is 2.43 bits per heavy atom. The first-order chi connectivity index (χ1) is 11.2. The molecule has 0 saturated heterocycles. The SMILES string of the molecule is Cc1ccc(-c2nn(Cc3ccccc3)c3cc(C)oc23)cc1. The molecule has 3 heteroatoms. The minimum absolute atomic E-state index is 0.738. The van der Waals surface area contributed by atoms with E-state index in [1.165, 1.54) is 11.1 Å². The van der Waals surface area contributed by atoms with E-state index in [9.17, 15) is 0 Å². The molecule has 2 aromatic carbocycles. The van der Waals surface area contributed by atoms with Crippen molar-refractivity contribution in [2.75, 3.05) is 0 Å². The maximum Gasteiger partial charge on any atom is 0.180 e. The molecule has 23 heavy (non-hydrogen) atoms. The van der Waals surface area contributed by atoms with Crippen molar-refractivity contribution in [2.45, 2.75) is 20.4 Å². The lowest BCUT2D eigenvalue weighted by molar-refractivity contribution is 0.579. The molecule has 0 fully saturated rings. The smallest absolute Gasteiger partial charge is 0.180 e. The number of aromatic nitrogens is 2. The van der Waals surface area contributed by atoms with Crippen molar-refractivity contribution in [3.8, 4) is 11.3 Å². The Bertz CT molecular complexity index is 947. The van der Waals surface area contributed by atoms with Crippen molar-refractivity contribution in [3.63, 3.8) is 0 Å². The molecular weight excluding hydrogens is 284 g/mol. The summed E-state index contributed by atoms with van der Waals surface area (Å²) in [5.74, 6) is 0.910. The first kappa shape index (κ1) is 13.8.